The van der Waals surface area contributed by atoms with Crippen molar-refractivity contribution in [2.45, 2.75) is 39.2 Å². The number of furan rings is 1. The third kappa shape index (κ3) is 4.11. The molecule has 1 aromatic carbocycles. The number of nitrogens with one attached hydrogen (secondary N) is 1. The topological polar surface area (TPSA) is 107 Å². The van der Waals surface area contributed by atoms with Crippen LogP contribution in [-0.2, 0) is 9.84 Å². The quantitative estimate of drug-likeness (QED) is 0.444. The molecule has 1 saturated heterocycles. The summed E-state index contributed by atoms with van der Waals surface area (Å²) in [5.74, 6) is 0.754. The van der Waals surface area contributed by atoms with Crippen LogP contribution < -0.4 is 5.32 Å². The van der Waals surface area contributed by atoms with E-state index in [2.05, 4.69) is 24.3 Å². The van der Waals surface area contributed by atoms with Gasteiger partial charge in [0, 0.05) is 5.69 Å². The third-order valence-electron chi connectivity index (χ3n) is 6.24. The van der Waals surface area contributed by atoms with E-state index < -0.39 is 9.84 Å². The average Bonchev–Trinajstić information content (AvgIpc) is 3.53. The van der Waals surface area contributed by atoms with Gasteiger partial charge in [0.25, 0.3) is 5.91 Å². The molecular weight excluding hydrogens is 452 g/mol. The van der Waals surface area contributed by atoms with Crippen LogP contribution in [0, 0.1) is 6.92 Å². The standard InChI is InChI=1S/C25H26N4O4S/c1-15(2)17-6-8-18(9-7-17)26-25(30)20-13-21(22-5-4-11-33-22)27-24-23(20)16(3)28-29(24)19-10-12-34(31,32)14-19/h4-9,11,13,15,19H,10,12,14H2,1-3H3,(H,26,30)/t19-/m1/s1. The molecule has 34 heavy (non-hydrogen) atoms. The maximum Gasteiger partial charge on any atom is 0.256 e. The minimum atomic E-state index is -3.12. The maximum atomic E-state index is 13.5. The lowest BCUT2D eigenvalue weighted by atomic mass is 10.0. The first kappa shape index (κ1) is 22.3. The lowest BCUT2D eigenvalue weighted by Crippen LogP contribution is -2.15. The number of hydrogen-bond donors (Lipinski definition) is 1. The third-order valence-corrected chi connectivity index (χ3v) is 7.99. The van der Waals surface area contributed by atoms with Gasteiger partial charge in [-0.3, -0.25) is 4.79 Å². The monoisotopic (exact) mass is 478 g/mol. The number of pyridine rings is 1. The van der Waals surface area contributed by atoms with Crippen LogP contribution in [0.4, 0.5) is 5.69 Å². The van der Waals surface area contributed by atoms with Crippen molar-refractivity contribution in [1.82, 2.24) is 14.8 Å². The van der Waals surface area contributed by atoms with E-state index >= 15 is 0 Å². The molecule has 4 heterocycles. The summed E-state index contributed by atoms with van der Waals surface area (Å²) in [5.41, 5.74) is 3.87. The fraction of sp³-hybridized carbons (Fsp3) is 0.320. The Morgan fingerprint density at radius 1 is 1.21 bits per heavy atom. The Kier molecular flexibility index (Phi) is 5.51. The molecule has 9 heteroatoms. The highest BCUT2D eigenvalue weighted by molar-refractivity contribution is 7.91. The summed E-state index contributed by atoms with van der Waals surface area (Å²) >= 11 is 0. The Balaban J connectivity index is 1.61. The zero-order valence-electron chi connectivity index (χ0n) is 19.3. The lowest BCUT2D eigenvalue weighted by Gasteiger charge is -2.12. The number of benzene rings is 1. The van der Waals surface area contributed by atoms with E-state index in [1.54, 1.807) is 29.1 Å². The van der Waals surface area contributed by atoms with Crippen LogP contribution in [0.5, 0.6) is 0 Å². The number of hydrogen-bond acceptors (Lipinski definition) is 6. The van der Waals surface area contributed by atoms with Gasteiger partial charge in [-0.05, 0) is 55.2 Å². The van der Waals surface area contributed by atoms with Crippen molar-refractivity contribution in [3.63, 3.8) is 0 Å². The SMILES string of the molecule is Cc1nn([C@@H]2CCS(=O)(=O)C2)c2nc(-c3ccco3)cc(C(=O)Nc3ccc(C(C)C)cc3)c12. The molecule has 0 bridgehead atoms. The molecule has 8 nitrogen and oxygen atoms in total. The van der Waals surface area contributed by atoms with Gasteiger partial charge in [-0.1, -0.05) is 26.0 Å². The van der Waals surface area contributed by atoms with E-state index in [9.17, 15) is 13.2 Å². The molecule has 1 amide bonds. The van der Waals surface area contributed by atoms with Crippen molar-refractivity contribution in [3.8, 4) is 11.5 Å². The van der Waals surface area contributed by atoms with Gasteiger partial charge < -0.3 is 9.73 Å². The largest absolute Gasteiger partial charge is 0.463 e. The van der Waals surface area contributed by atoms with E-state index in [-0.39, 0.29) is 23.5 Å². The summed E-state index contributed by atoms with van der Waals surface area (Å²) in [7, 11) is -3.12. The molecule has 3 aromatic heterocycles. The lowest BCUT2D eigenvalue weighted by molar-refractivity contribution is 0.102. The average molecular weight is 479 g/mol. The summed E-state index contributed by atoms with van der Waals surface area (Å²) in [6, 6.07) is 12.7. The number of aryl methyl sites for hydroxylation is 1. The zero-order chi connectivity index (χ0) is 24.0. The van der Waals surface area contributed by atoms with Gasteiger partial charge in [0.1, 0.15) is 5.69 Å². The molecule has 5 rings (SSSR count). The fourth-order valence-corrected chi connectivity index (χ4v) is 6.11. The highest BCUT2D eigenvalue weighted by Gasteiger charge is 2.32. The first-order valence-corrected chi connectivity index (χ1v) is 13.1. The Morgan fingerprint density at radius 3 is 2.59 bits per heavy atom. The molecule has 1 aliphatic rings. The van der Waals surface area contributed by atoms with Crippen molar-refractivity contribution >= 4 is 32.5 Å². The van der Waals surface area contributed by atoms with Crippen molar-refractivity contribution in [2.75, 3.05) is 16.8 Å². The van der Waals surface area contributed by atoms with Gasteiger partial charge in [-0.15, -0.1) is 0 Å². The molecule has 0 aliphatic carbocycles. The van der Waals surface area contributed by atoms with Gasteiger partial charge in [0.05, 0.1) is 40.5 Å². The summed E-state index contributed by atoms with van der Waals surface area (Å²) < 4.78 is 31.4. The van der Waals surface area contributed by atoms with Crippen LogP contribution in [0.3, 0.4) is 0 Å². The van der Waals surface area contributed by atoms with Crippen LogP contribution in [0.1, 0.15) is 53.8 Å². The van der Waals surface area contributed by atoms with E-state index in [1.165, 1.54) is 5.56 Å². The second-order valence-electron chi connectivity index (χ2n) is 9.05. The van der Waals surface area contributed by atoms with Gasteiger partial charge >= 0.3 is 0 Å². The highest BCUT2D eigenvalue weighted by atomic mass is 32.2. The van der Waals surface area contributed by atoms with E-state index in [4.69, 9.17) is 9.40 Å². The summed E-state index contributed by atoms with van der Waals surface area (Å²) in [5, 5.41) is 8.21. The van der Waals surface area contributed by atoms with Gasteiger partial charge in [-0.25, -0.2) is 18.1 Å². The molecule has 0 unspecified atom stereocenters. The Bertz CT molecular complexity index is 1470. The number of rotatable bonds is 5. The first-order chi connectivity index (χ1) is 16.2. The molecule has 1 N–H and O–H groups in total. The number of aromatic nitrogens is 3. The Labute approximate surface area is 197 Å². The van der Waals surface area contributed by atoms with E-state index in [0.717, 1.165) is 0 Å². The summed E-state index contributed by atoms with van der Waals surface area (Å²) in [4.78, 5) is 18.2. The minimum absolute atomic E-state index is 0.0135. The first-order valence-electron chi connectivity index (χ1n) is 11.3. The zero-order valence-corrected chi connectivity index (χ0v) is 20.1. The number of fused-ring (bicyclic) bond motifs is 1. The number of nitrogens with zero attached hydrogens (tertiary/aromatic N) is 3. The second-order valence-corrected chi connectivity index (χ2v) is 11.3. The molecular formula is C25H26N4O4S. The predicted molar refractivity (Wildman–Crippen MR) is 131 cm³/mol. The van der Waals surface area contributed by atoms with Crippen LogP contribution in [0.15, 0.2) is 53.1 Å². The highest BCUT2D eigenvalue weighted by Crippen LogP contribution is 2.32. The molecule has 1 aliphatic heterocycles. The van der Waals surface area contributed by atoms with Gasteiger partial charge in [0.15, 0.2) is 21.2 Å². The van der Waals surface area contributed by atoms with Crippen LogP contribution in [0.2, 0.25) is 0 Å². The summed E-state index contributed by atoms with van der Waals surface area (Å²) in [6.45, 7) is 6.05. The fourth-order valence-electron chi connectivity index (χ4n) is 4.42. The predicted octanol–water partition coefficient (Wildman–Crippen LogP) is 4.74. The molecule has 1 atom stereocenters. The molecule has 0 spiro atoms. The molecule has 1 fully saturated rings. The number of carbonyl (C=O) groups excluding carboxylic acids is 1. The van der Waals surface area contributed by atoms with E-state index in [0.29, 0.717) is 51.8 Å². The second kappa shape index (κ2) is 8.39. The van der Waals surface area contributed by atoms with Crippen LogP contribution in [-0.4, -0.2) is 40.6 Å². The number of carbonyl (C=O) groups is 1. The maximum absolute atomic E-state index is 13.5. The van der Waals surface area contributed by atoms with Gasteiger partial charge in [-0.2, -0.15) is 5.10 Å². The van der Waals surface area contributed by atoms with Crippen molar-refractivity contribution in [3.05, 3.63) is 65.5 Å². The van der Waals surface area contributed by atoms with E-state index in [1.807, 2.05) is 31.2 Å². The molecule has 4 aromatic rings. The van der Waals surface area contributed by atoms with Crippen molar-refractivity contribution in [1.29, 1.82) is 0 Å². The Hall–Kier alpha value is -3.46. The Morgan fingerprint density at radius 2 is 1.97 bits per heavy atom. The minimum Gasteiger partial charge on any atom is -0.463 e. The van der Waals surface area contributed by atoms with Crippen LogP contribution >= 0.6 is 0 Å². The summed E-state index contributed by atoms with van der Waals surface area (Å²) in [6.07, 6.45) is 2.01. The van der Waals surface area contributed by atoms with Crippen molar-refractivity contribution < 1.29 is 17.6 Å². The van der Waals surface area contributed by atoms with Crippen LogP contribution in [0.25, 0.3) is 22.5 Å². The molecule has 0 saturated carbocycles. The van der Waals surface area contributed by atoms with Crippen molar-refractivity contribution in [2.24, 2.45) is 0 Å². The molecule has 176 valence electrons. The number of anilines is 1. The van der Waals surface area contributed by atoms with Gasteiger partial charge in [0.2, 0.25) is 0 Å². The number of sulfone groups is 1. The number of amides is 1. The normalized spacial score (nSPS) is 17.5. The molecule has 0 radical (unpaired) electrons. The smallest absolute Gasteiger partial charge is 0.256 e.